The second-order valence-corrected chi connectivity index (χ2v) is 5.27. The van der Waals surface area contributed by atoms with E-state index < -0.39 is 0 Å². The van der Waals surface area contributed by atoms with Crippen molar-refractivity contribution >= 4 is 17.2 Å². The maximum atomic E-state index is 11.9. The number of amides is 1. The normalized spacial score (nSPS) is 18.5. The average Bonchev–Trinajstić information content (AvgIpc) is 2.92. The Kier molecular flexibility index (Phi) is 5.40. The van der Waals surface area contributed by atoms with E-state index in [0.29, 0.717) is 12.1 Å². The Hall–Kier alpha value is -1.35. The van der Waals surface area contributed by atoms with E-state index in [1.54, 1.807) is 11.4 Å². The van der Waals surface area contributed by atoms with E-state index in [1.807, 2.05) is 0 Å². The van der Waals surface area contributed by atoms with Gasteiger partial charge >= 0.3 is 0 Å². The van der Waals surface area contributed by atoms with Gasteiger partial charge in [-0.15, -0.1) is 11.3 Å². The number of ether oxygens (including phenoxy) is 1. The largest absolute Gasteiger partial charge is 0.384 e. The second kappa shape index (κ2) is 7.29. The van der Waals surface area contributed by atoms with Gasteiger partial charge < -0.3 is 15.2 Å². The molecular formula is C14H17NO3S. The quantitative estimate of drug-likeness (QED) is 0.822. The number of aliphatic hydroxyl groups is 1. The van der Waals surface area contributed by atoms with Gasteiger partial charge in [0.15, 0.2) is 0 Å². The number of rotatable bonds is 3. The Labute approximate surface area is 116 Å². The van der Waals surface area contributed by atoms with E-state index in [0.717, 1.165) is 24.3 Å². The summed E-state index contributed by atoms with van der Waals surface area (Å²) < 4.78 is 5.56. The highest BCUT2D eigenvalue weighted by Gasteiger charge is 2.15. The van der Waals surface area contributed by atoms with Gasteiger partial charge in [-0.05, 0) is 25.3 Å². The highest BCUT2D eigenvalue weighted by atomic mass is 32.1. The van der Waals surface area contributed by atoms with Gasteiger partial charge in [0.1, 0.15) is 6.61 Å². The molecule has 1 atom stereocenters. The summed E-state index contributed by atoms with van der Waals surface area (Å²) >= 11 is 1.40. The minimum atomic E-state index is -0.168. The van der Waals surface area contributed by atoms with Gasteiger partial charge in [-0.3, -0.25) is 4.79 Å². The van der Waals surface area contributed by atoms with Crippen molar-refractivity contribution in [3.05, 3.63) is 21.9 Å². The summed E-state index contributed by atoms with van der Waals surface area (Å²) in [7, 11) is 0. The summed E-state index contributed by atoms with van der Waals surface area (Å²) in [5, 5.41) is 13.3. The highest BCUT2D eigenvalue weighted by molar-refractivity contribution is 7.10. The molecule has 5 heteroatoms. The summed E-state index contributed by atoms with van der Waals surface area (Å²) in [6.45, 7) is 1.19. The predicted octanol–water partition coefficient (Wildman–Crippen LogP) is 1.39. The van der Waals surface area contributed by atoms with Gasteiger partial charge in [-0.25, -0.2) is 0 Å². The lowest BCUT2D eigenvalue weighted by atomic mass is 10.1. The monoisotopic (exact) mass is 279 g/mol. The fourth-order valence-electron chi connectivity index (χ4n) is 1.92. The molecular weight excluding hydrogens is 262 g/mol. The number of hydrogen-bond donors (Lipinski definition) is 2. The van der Waals surface area contributed by atoms with Crippen LogP contribution in [0.15, 0.2) is 11.4 Å². The molecule has 0 aromatic carbocycles. The van der Waals surface area contributed by atoms with Gasteiger partial charge in [0.2, 0.25) is 0 Å². The molecule has 102 valence electrons. The van der Waals surface area contributed by atoms with Gasteiger partial charge in [-0.2, -0.15) is 0 Å². The van der Waals surface area contributed by atoms with Crippen LogP contribution in [0, 0.1) is 11.8 Å². The Morgan fingerprint density at radius 3 is 3.21 bits per heavy atom. The minimum Gasteiger partial charge on any atom is -0.384 e. The molecule has 0 spiro atoms. The first-order valence-electron chi connectivity index (χ1n) is 6.37. The molecule has 1 aliphatic heterocycles. The molecule has 1 fully saturated rings. The van der Waals surface area contributed by atoms with Crippen molar-refractivity contribution in [2.45, 2.75) is 25.4 Å². The van der Waals surface area contributed by atoms with Gasteiger partial charge in [0.25, 0.3) is 5.91 Å². The molecule has 0 saturated carbocycles. The maximum absolute atomic E-state index is 11.9. The third-order valence-electron chi connectivity index (χ3n) is 2.92. The molecule has 0 bridgehead atoms. The molecule has 1 amide bonds. The highest BCUT2D eigenvalue weighted by Crippen LogP contribution is 2.14. The van der Waals surface area contributed by atoms with E-state index >= 15 is 0 Å². The van der Waals surface area contributed by atoms with Crippen LogP contribution in [0.3, 0.4) is 0 Å². The SMILES string of the molecule is O=C(NCC1CCCCO1)c1csc(C#CCO)c1. The molecule has 0 radical (unpaired) electrons. The topological polar surface area (TPSA) is 58.6 Å². The van der Waals surface area contributed by atoms with Crippen molar-refractivity contribution in [3.63, 3.8) is 0 Å². The van der Waals surface area contributed by atoms with Crippen LogP contribution >= 0.6 is 11.3 Å². The number of thiophene rings is 1. The number of nitrogens with one attached hydrogen (secondary N) is 1. The first-order chi connectivity index (χ1) is 9.29. The second-order valence-electron chi connectivity index (χ2n) is 4.36. The molecule has 1 saturated heterocycles. The number of hydrogen-bond acceptors (Lipinski definition) is 4. The summed E-state index contributed by atoms with van der Waals surface area (Å²) in [4.78, 5) is 12.7. The fourth-order valence-corrected chi connectivity index (χ4v) is 2.68. The van der Waals surface area contributed by atoms with Crippen LogP contribution in [0.2, 0.25) is 0 Å². The molecule has 2 heterocycles. The lowest BCUT2D eigenvalue weighted by molar-refractivity contribution is 0.0169. The van der Waals surface area contributed by atoms with E-state index in [4.69, 9.17) is 9.84 Å². The Balaban J connectivity index is 1.83. The lowest BCUT2D eigenvalue weighted by Gasteiger charge is -2.22. The predicted molar refractivity (Wildman–Crippen MR) is 74.2 cm³/mol. The zero-order valence-corrected chi connectivity index (χ0v) is 11.5. The van der Waals surface area contributed by atoms with E-state index in [-0.39, 0.29) is 18.6 Å². The molecule has 0 aliphatic carbocycles. The van der Waals surface area contributed by atoms with E-state index in [9.17, 15) is 4.79 Å². The van der Waals surface area contributed by atoms with E-state index in [2.05, 4.69) is 17.2 Å². The molecule has 2 N–H and O–H groups in total. The molecule has 4 nitrogen and oxygen atoms in total. The van der Waals surface area contributed by atoms with Crippen molar-refractivity contribution in [2.75, 3.05) is 19.8 Å². The van der Waals surface area contributed by atoms with Crippen LogP contribution < -0.4 is 5.32 Å². The maximum Gasteiger partial charge on any atom is 0.252 e. The molecule has 2 rings (SSSR count). The first kappa shape index (κ1) is 14.1. The van der Waals surface area contributed by atoms with Crippen LogP contribution in [0.4, 0.5) is 0 Å². The number of carbonyl (C=O) groups is 1. The van der Waals surface area contributed by atoms with Crippen molar-refractivity contribution in [1.82, 2.24) is 5.32 Å². The molecule has 1 unspecified atom stereocenters. The lowest BCUT2D eigenvalue weighted by Crippen LogP contribution is -2.35. The number of aliphatic hydroxyl groups excluding tert-OH is 1. The standard InChI is InChI=1S/C14H17NO3S/c16-6-3-5-13-8-11(10-19-13)14(17)15-9-12-4-1-2-7-18-12/h8,10,12,16H,1-2,4,6-7,9H2,(H,15,17). The van der Waals surface area contributed by atoms with Gasteiger partial charge in [0, 0.05) is 18.5 Å². The fraction of sp³-hybridized carbons (Fsp3) is 0.500. The summed E-state index contributed by atoms with van der Waals surface area (Å²) in [6.07, 6.45) is 3.43. The number of carbonyl (C=O) groups excluding carboxylic acids is 1. The Morgan fingerprint density at radius 2 is 2.47 bits per heavy atom. The zero-order chi connectivity index (χ0) is 13.5. The molecule has 19 heavy (non-hydrogen) atoms. The van der Waals surface area contributed by atoms with Crippen LogP contribution in [0.25, 0.3) is 0 Å². The molecule has 1 aromatic rings. The Morgan fingerprint density at radius 1 is 1.58 bits per heavy atom. The minimum absolute atomic E-state index is 0.0949. The van der Waals surface area contributed by atoms with Gasteiger partial charge in [-0.1, -0.05) is 11.8 Å². The van der Waals surface area contributed by atoms with Gasteiger partial charge in [0.05, 0.1) is 16.5 Å². The van der Waals surface area contributed by atoms with Crippen molar-refractivity contribution in [1.29, 1.82) is 0 Å². The summed E-state index contributed by atoms with van der Waals surface area (Å²) in [5.74, 6) is 5.26. The average molecular weight is 279 g/mol. The third kappa shape index (κ3) is 4.35. The Bertz CT molecular complexity index is 480. The molecule has 1 aromatic heterocycles. The summed E-state index contributed by atoms with van der Waals surface area (Å²) in [5.41, 5.74) is 0.614. The van der Waals surface area contributed by atoms with Crippen LogP contribution in [-0.2, 0) is 4.74 Å². The smallest absolute Gasteiger partial charge is 0.252 e. The van der Waals surface area contributed by atoms with Crippen molar-refractivity contribution < 1.29 is 14.6 Å². The van der Waals surface area contributed by atoms with Crippen LogP contribution in [0.1, 0.15) is 34.5 Å². The third-order valence-corrected chi connectivity index (χ3v) is 3.76. The van der Waals surface area contributed by atoms with Crippen molar-refractivity contribution in [3.8, 4) is 11.8 Å². The van der Waals surface area contributed by atoms with Crippen LogP contribution in [-0.4, -0.2) is 36.9 Å². The van der Waals surface area contributed by atoms with Crippen LogP contribution in [0.5, 0.6) is 0 Å². The first-order valence-corrected chi connectivity index (χ1v) is 7.25. The van der Waals surface area contributed by atoms with E-state index in [1.165, 1.54) is 17.8 Å². The summed E-state index contributed by atoms with van der Waals surface area (Å²) in [6, 6.07) is 1.74. The molecule has 1 aliphatic rings. The zero-order valence-electron chi connectivity index (χ0n) is 10.6. The van der Waals surface area contributed by atoms with Crippen molar-refractivity contribution in [2.24, 2.45) is 0 Å².